The molecule has 2 heterocycles. The maximum atomic E-state index is 13.6. The molecule has 4 amide bonds. The quantitative estimate of drug-likeness (QED) is 0.303. The Labute approximate surface area is 262 Å². The maximum absolute atomic E-state index is 13.6. The van der Waals surface area contributed by atoms with Crippen molar-refractivity contribution in [2.75, 3.05) is 52.0 Å². The molecule has 3 rings (SSSR count). The van der Waals surface area contributed by atoms with Crippen molar-refractivity contribution in [3.8, 4) is 0 Å². The number of thiophene rings is 2. The normalized spacial score (nSPS) is 10.5. The van der Waals surface area contributed by atoms with Crippen LogP contribution < -0.4 is 10.6 Å². The number of ether oxygens (including phenoxy) is 2. The van der Waals surface area contributed by atoms with Gasteiger partial charge in [-0.1, -0.05) is 12.1 Å². The lowest BCUT2D eigenvalue weighted by Crippen LogP contribution is -2.21. The molecule has 0 spiro atoms. The van der Waals surface area contributed by atoms with Crippen LogP contribution in [0, 0.1) is 13.8 Å². The molecule has 2 N–H and O–H groups in total. The Hall–Kier alpha value is -4.56. The molecule has 2 aromatic heterocycles. The maximum Gasteiger partial charge on any atom is 0.341 e. The zero-order valence-corrected chi connectivity index (χ0v) is 27.3. The predicted octanol–water partition coefficient (Wildman–Crippen LogP) is 4.69. The zero-order chi connectivity index (χ0) is 32.9. The number of hydrogen-bond acceptors (Lipinski definition) is 10. The molecule has 0 radical (unpaired) electrons. The van der Waals surface area contributed by atoms with E-state index in [4.69, 9.17) is 9.47 Å². The van der Waals surface area contributed by atoms with Crippen LogP contribution in [0.4, 0.5) is 10.0 Å². The number of esters is 2. The van der Waals surface area contributed by atoms with Crippen LogP contribution in [0.5, 0.6) is 0 Å². The largest absolute Gasteiger partial charge is 0.462 e. The molecule has 0 aliphatic carbocycles. The Bertz CT molecular complexity index is 1520. The molecule has 12 nitrogen and oxygen atoms in total. The molecule has 0 fully saturated rings. The van der Waals surface area contributed by atoms with Crippen LogP contribution in [-0.4, -0.2) is 86.8 Å². The molecule has 0 saturated carbocycles. The third kappa shape index (κ3) is 6.97. The lowest BCUT2D eigenvalue weighted by molar-refractivity contribution is 0.0517. The number of anilines is 2. The van der Waals surface area contributed by atoms with E-state index < -0.39 is 23.8 Å². The average molecular weight is 643 g/mol. The van der Waals surface area contributed by atoms with Crippen molar-refractivity contribution in [2.45, 2.75) is 27.7 Å². The summed E-state index contributed by atoms with van der Waals surface area (Å²) in [5.74, 6) is -3.56. The Balaban J connectivity index is 2.02. The summed E-state index contributed by atoms with van der Waals surface area (Å²) in [5.41, 5.74) is 0.725. The topological polar surface area (TPSA) is 151 Å². The van der Waals surface area contributed by atoms with Crippen LogP contribution in [0.3, 0.4) is 0 Å². The number of carbonyl (C=O) groups excluding carboxylic acids is 6. The summed E-state index contributed by atoms with van der Waals surface area (Å²) in [6.45, 7) is 6.63. The number of benzene rings is 1. The van der Waals surface area contributed by atoms with E-state index in [-0.39, 0.29) is 67.0 Å². The average Bonchev–Trinajstić information content (AvgIpc) is 3.47. The minimum absolute atomic E-state index is 0.0399. The molecule has 3 aromatic rings. The lowest BCUT2D eigenvalue weighted by Gasteiger charge is -2.11. The van der Waals surface area contributed by atoms with Crippen molar-refractivity contribution in [1.82, 2.24) is 9.80 Å². The van der Waals surface area contributed by atoms with Gasteiger partial charge in [0, 0.05) is 28.2 Å². The molecular weight excluding hydrogens is 608 g/mol. The number of amides is 4. The molecule has 234 valence electrons. The standard InChI is InChI=1S/C30H34N4O8S2/c1-9-41-29(39)19-15(3)21(27(37)33(5)6)43-25(19)31-23(35)17-13-11-12-14-18(17)24(36)32-26-20(30(40)42-10-2)16(4)22(44-26)28(38)34(7)8/h11-14H,9-10H2,1-8H3,(H,31,35)(H,32,36). The van der Waals surface area contributed by atoms with Gasteiger partial charge in [0.05, 0.1) is 45.2 Å². The first-order chi connectivity index (χ1) is 20.7. The van der Waals surface area contributed by atoms with Gasteiger partial charge in [-0.25, -0.2) is 9.59 Å². The Morgan fingerprint density at radius 1 is 0.659 bits per heavy atom. The molecule has 0 atom stereocenters. The van der Waals surface area contributed by atoms with Gasteiger partial charge >= 0.3 is 11.9 Å². The van der Waals surface area contributed by atoms with Gasteiger partial charge in [-0.3, -0.25) is 19.2 Å². The summed E-state index contributed by atoms with van der Waals surface area (Å²) in [7, 11) is 6.28. The highest BCUT2D eigenvalue weighted by molar-refractivity contribution is 7.19. The van der Waals surface area contributed by atoms with Gasteiger partial charge in [0.15, 0.2) is 0 Å². The Kier molecular flexibility index (Phi) is 11.0. The Morgan fingerprint density at radius 2 is 1.00 bits per heavy atom. The molecule has 0 aliphatic heterocycles. The lowest BCUT2D eigenvalue weighted by atomic mass is 10.1. The number of hydrogen-bond donors (Lipinski definition) is 2. The van der Waals surface area contributed by atoms with Gasteiger partial charge in [0.2, 0.25) is 0 Å². The first-order valence-electron chi connectivity index (χ1n) is 13.5. The van der Waals surface area contributed by atoms with Gasteiger partial charge in [0.25, 0.3) is 23.6 Å². The van der Waals surface area contributed by atoms with Gasteiger partial charge in [0.1, 0.15) is 10.0 Å². The molecule has 0 unspecified atom stereocenters. The first-order valence-corrected chi connectivity index (χ1v) is 15.1. The van der Waals surface area contributed by atoms with E-state index in [0.717, 1.165) is 22.7 Å². The van der Waals surface area contributed by atoms with Crippen LogP contribution in [0.1, 0.15) is 85.7 Å². The summed E-state index contributed by atoms with van der Waals surface area (Å²) in [5, 5.41) is 5.54. The van der Waals surface area contributed by atoms with Crippen LogP contribution >= 0.6 is 22.7 Å². The molecular formula is C30H34N4O8S2. The van der Waals surface area contributed by atoms with Gasteiger partial charge < -0.3 is 29.9 Å². The number of carbonyl (C=O) groups is 6. The van der Waals surface area contributed by atoms with Crippen LogP contribution in [0.15, 0.2) is 24.3 Å². The smallest absolute Gasteiger partial charge is 0.341 e. The predicted molar refractivity (Wildman–Crippen MR) is 168 cm³/mol. The second-order valence-electron chi connectivity index (χ2n) is 9.81. The molecule has 14 heteroatoms. The summed E-state index contributed by atoms with van der Waals surface area (Å²) >= 11 is 1.85. The van der Waals surface area contributed by atoms with E-state index in [0.29, 0.717) is 11.1 Å². The molecule has 0 aliphatic rings. The monoisotopic (exact) mass is 642 g/mol. The zero-order valence-electron chi connectivity index (χ0n) is 25.7. The Morgan fingerprint density at radius 3 is 1.30 bits per heavy atom. The molecule has 0 saturated heterocycles. The second kappa shape index (κ2) is 14.3. The van der Waals surface area contributed by atoms with E-state index in [1.165, 1.54) is 21.9 Å². The third-order valence-electron chi connectivity index (χ3n) is 6.32. The minimum Gasteiger partial charge on any atom is -0.462 e. The molecule has 0 bridgehead atoms. The summed E-state index contributed by atoms with van der Waals surface area (Å²) in [6.07, 6.45) is 0. The SMILES string of the molecule is CCOC(=O)c1c(NC(=O)c2ccccc2C(=O)Nc2sc(C(=O)N(C)C)c(C)c2C(=O)OCC)sc(C(=O)N(C)C)c1C. The van der Waals surface area contributed by atoms with Crippen molar-refractivity contribution >= 4 is 68.2 Å². The highest BCUT2D eigenvalue weighted by Gasteiger charge is 2.30. The van der Waals surface area contributed by atoms with E-state index in [1.807, 2.05) is 0 Å². The summed E-state index contributed by atoms with van der Waals surface area (Å²) in [4.78, 5) is 81.5. The van der Waals surface area contributed by atoms with Crippen molar-refractivity contribution in [1.29, 1.82) is 0 Å². The van der Waals surface area contributed by atoms with Crippen LogP contribution in [0.2, 0.25) is 0 Å². The first kappa shape index (κ1) is 33.9. The number of rotatable bonds is 10. The number of nitrogens with one attached hydrogen (secondary N) is 2. The summed E-state index contributed by atoms with van der Waals surface area (Å²) < 4.78 is 10.3. The van der Waals surface area contributed by atoms with Crippen LogP contribution in [-0.2, 0) is 9.47 Å². The number of nitrogens with zero attached hydrogens (tertiary/aromatic N) is 2. The third-order valence-corrected chi connectivity index (χ3v) is 8.71. The molecule has 1 aromatic carbocycles. The van der Waals surface area contributed by atoms with E-state index >= 15 is 0 Å². The minimum atomic E-state index is -0.720. The van der Waals surface area contributed by atoms with E-state index in [1.54, 1.807) is 68.0 Å². The molecule has 44 heavy (non-hydrogen) atoms. The fraction of sp³-hybridized carbons (Fsp3) is 0.333. The van der Waals surface area contributed by atoms with Gasteiger partial charge in [-0.2, -0.15) is 0 Å². The van der Waals surface area contributed by atoms with Crippen molar-refractivity contribution in [2.24, 2.45) is 0 Å². The highest BCUT2D eigenvalue weighted by atomic mass is 32.1. The van der Waals surface area contributed by atoms with Crippen molar-refractivity contribution in [3.05, 3.63) is 67.4 Å². The van der Waals surface area contributed by atoms with Gasteiger partial charge in [-0.05, 0) is 51.0 Å². The van der Waals surface area contributed by atoms with Crippen molar-refractivity contribution < 1.29 is 38.2 Å². The van der Waals surface area contributed by atoms with E-state index in [9.17, 15) is 28.8 Å². The highest BCUT2D eigenvalue weighted by Crippen LogP contribution is 2.36. The fourth-order valence-corrected chi connectivity index (χ4v) is 6.56. The van der Waals surface area contributed by atoms with Crippen molar-refractivity contribution in [3.63, 3.8) is 0 Å². The van der Waals surface area contributed by atoms with E-state index in [2.05, 4.69) is 10.6 Å². The summed E-state index contributed by atoms with van der Waals surface area (Å²) in [6, 6.07) is 5.97. The fourth-order valence-electron chi connectivity index (χ4n) is 4.14. The van der Waals surface area contributed by atoms with Gasteiger partial charge in [-0.15, -0.1) is 22.7 Å². The van der Waals surface area contributed by atoms with Crippen LogP contribution in [0.25, 0.3) is 0 Å². The second-order valence-corrected chi connectivity index (χ2v) is 11.9.